The first kappa shape index (κ1) is 13.2. The van der Waals surface area contributed by atoms with Crippen LogP contribution in [0.3, 0.4) is 0 Å². The highest BCUT2D eigenvalue weighted by Gasteiger charge is 2.11. The van der Waals surface area contributed by atoms with Gasteiger partial charge in [0.1, 0.15) is 0 Å². The van der Waals surface area contributed by atoms with E-state index in [0.717, 1.165) is 11.3 Å². The smallest absolute Gasteiger partial charge is 0.0746 e. The Balaban J connectivity index is 2.23. The number of nitrogens with one attached hydrogen (secondary N) is 1. The van der Waals surface area contributed by atoms with Gasteiger partial charge in [-0.15, -0.1) is 0 Å². The van der Waals surface area contributed by atoms with Crippen LogP contribution in [0.5, 0.6) is 0 Å². The summed E-state index contributed by atoms with van der Waals surface area (Å²) >= 11 is 12.0. The molecule has 2 aromatic carbocycles. The van der Waals surface area contributed by atoms with Crippen molar-refractivity contribution in [3.05, 3.63) is 64.1 Å². The van der Waals surface area contributed by atoms with Gasteiger partial charge in [-0.2, -0.15) is 0 Å². The highest BCUT2D eigenvalue weighted by Crippen LogP contribution is 2.26. The van der Waals surface area contributed by atoms with Crippen molar-refractivity contribution in [1.82, 2.24) is 0 Å². The summed E-state index contributed by atoms with van der Waals surface area (Å²) in [6.45, 7) is -0.0361. The summed E-state index contributed by atoms with van der Waals surface area (Å²) in [6, 6.07) is 14.6. The third kappa shape index (κ3) is 3.16. The Morgan fingerprint density at radius 3 is 2.50 bits per heavy atom. The highest BCUT2D eigenvalue weighted by atomic mass is 35.5. The van der Waals surface area contributed by atoms with Gasteiger partial charge in [-0.1, -0.05) is 47.5 Å². The van der Waals surface area contributed by atoms with Gasteiger partial charge in [-0.05, 0) is 29.8 Å². The van der Waals surface area contributed by atoms with Gasteiger partial charge in [0.05, 0.1) is 23.4 Å². The molecule has 0 saturated carbocycles. The highest BCUT2D eigenvalue weighted by molar-refractivity contribution is 6.33. The summed E-state index contributed by atoms with van der Waals surface area (Å²) in [5.74, 6) is 0. The molecular weight excluding hydrogens is 269 g/mol. The van der Waals surface area contributed by atoms with E-state index in [-0.39, 0.29) is 12.6 Å². The molecule has 0 spiro atoms. The number of aliphatic hydroxyl groups excluding tert-OH is 1. The molecule has 1 atom stereocenters. The molecule has 0 aromatic heterocycles. The van der Waals surface area contributed by atoms with Crippen LogP contribution in [-0.4, -0.2) is 11.7 Å². The Morgan fingerprint density at radius 2 is 1.83 bits per heavy atom. The number of hydrogen-bond donors (Lipinski definition) is 2. The third-order valence-electron chi connectivity index (χ3n) is 2.64. The van der Waals surface area contributed by atoms with Gasteiger partial charge in [0.2, 0.25) is 0 Å². The fourth-order valence-corrected chi connectivity index (χ4v) is 2.11. The molecule has 0 aliphatic heterocycles. The molecule has 4 heteroatoms. The summed E-state index contributed by atoms with van der Waals surface area (Å²) in [6.07, 6.45) is 0. The van der Waals surface area contributed by atoms with Crippen LogP contribution in [0.15, 0.2) is 48.5 Å². The number of benzene rings is 2. The summed E-state index contributed by atoms with van der Waals surface area (Å²) in [5.41, 5.74) is 1.71. The van der Waals surface area contributed by atoms with Gasteiger partial charge in [-0.25, -0.2) is 0 Å². The quantitative estimate of drug-likeness (QED) is 0.883. The molecule has 2 aromatic rings. The Morgan fingerprint density at radius 1 is 1.06 bits per heavy atom. The summed E-state index contributed by atoms with van der Waals surface area (Å²) in [7, 11) is 0. The summed E-state index contributed by atoms with van der Waals surface area (Å²) in [5, 5.41) is 13.9. The van der Waals surface area contributed by atoms with E-state index in [9.17, 15) is 5.11 Å². The monoisotopic (exact) mass is 281 g/mol. The first-order chi connectivity index (χ1) is 8.70. The van der Waals surface area contributed by atoms with E-state index in [1.807, 2.05) is 36.4 Å². The number of halogens is 2. The minimum atomic E-state index is -0.233. The van der Waals surface area contributed by atoms with E-state index >= 15 is 0 Å². The van der Waals surface area contributed by atoms with Gasteiger partial charge in [0.25, 0.3) is 0 Å². The van der Waals surface area contributed by atoms with Gasteiger partial charge in [0.15, 0.2) is 0 Å². The maximum Gasteiger partial charge on any atom is 0.0746 e. The van der Waals surface area contributed by atoms with Crippen molar-refractivity contribution in [2.75, 3.05) is 11.9 Å². The van der Waals surface area contributed by atoms with E-state index < -0.39 is 0 Å². The first-order valence-electron chi connectivity index (χ1n) is 5.58. The Labute approximate surface area is 116 Å². The minimum Gasteiger partial charge on any atom is -0.394 e. The zero-order valence-corrected chi connectivity index (χ0v) is 11.1. The molecule has 2 rings (SSSR count). The van der Waals surface area contributed by atoms with E-state index in [1.165, 1.54) is 0 Å². The minimum absolute atomic E-state index is 0.0361. The predicted octanol–water partition coefficient (Wildman–Crippen LogP) is 4.14. The van der Waals surface area contributed by atoms with E-state index in [1.54, 1.807) is 12.1 Å². The SMILES string of the molecule is OCC(Nc1ccccc1Cl)c1cccc(Cl)c1. The zero-order chi connectivity index (χ0) is 13.0. The molecule has 0 aliphatic carbocycles. The molecule has 0 bridgehead atoms. The number of hydrogen-bond acceptors (Lipinski definition) is 2. The fourth-order valence-electron chi connectivity index (χ4n) is 1.72. The van der Waals surface area contributed by atoms with Crippen LogP contribution in [0.25, 0.3) is 0 Å². The lowest BCUT2D eigenvalue weighted by atomic mass is 10.1. The predicted molar refractivity (Wildman–Crippen MR) is 76.4 cm³/mol. The first-order valence-corrected chi connectivity index (χ1v) is 6.33. The molecule has 0 radical (unpaired) electrons. The Hall–Kier alpha value is -1.22. The fraction of sp³-hybridized carbons (Fsp3) is 0.143. The Bertz CT molecular complexity index is 531. The normalized spacial score (nSPS) is 12.2. The van der Waals surface area contributed by atoms with E-state index in [2.05, 4.69) is 5.32 Å². The van der Waals surface area contributed by atoms with E-state index in [4.69, 9.17) is 23.2 Å². The van der Waals surface area contributed by atoms with Crippen LogP contribution in [0, 0.1) is 0 Å². The molecule has 18 heavy (non-hydrogen) atoms. The van der Waals surface area contributed by atoms with Crippen LogP contribution in [-0.2, 0) is 0 Å². The maximum absolute atomic E-state index is 9.47. The van der Waals surface area contributed by atoms with Crippen LogP contribution in [0.2, 0.25) is 10.0 Å². The molecule has 0 saturated heterocycles. The second-order valence-corrected chi connectivity index (χ2v) is 4.76. The number of anilines is 1. The van der Waals surface area contributed by atoms with Crippen molar-refractivity contribution in [1.29, 1.82) is 0 Å². The van der Waals surface area contributed by atoms with Crippen LogP contribution >= 0.6 is 23.2 Å². The molecule has 2 N–H and O–H groups in total. The van der Waals surface area contributed by atoms with Crippen molar-refractivity contribution >= 4 is 28.9 Å². The van der Waals surface area contributed by atoms with Crippen LogP contribution in [0.1, 0.15) is 11.6 Å². The number of aliphatic hydroxyl groups is 1. The van der Waals surface area contributed by atoms with Gasteiger partial charge < -0.3 is 10.4 Å². The second-order valence-electron chi connectivity index (χ2n) is 3.91. The Kier molecular flexibility index (Phi) is 4.48. The van der Waals surface area contributed by atoms with Crippen LogP contribution < -0.4 is 5.32 Å². The third-order valence-corrected chi connectivity index (χ3v) is 3.20. The number of rotatable bonds is 4. The van der Waals surface area contributed by atoms with E-state index in [0.29, 0.717) is 10.0 Å². The largest absolute Gasteiger partial charge is 0.394 e. The average molecular weight is 282 g/mol. The van der Waals surface area contributed by atoms with Gasteiger partial charge >= 0.3 is 0 Å². The summed E-state index contributed by atoms with van der Waals surface area (Å²) < 4.78 is 0. The zero-order valence-electron chi connectivity index (χ0n) is 9.61. The van der Waals surface area contributed by atoms with Crippen molar-refractivity contribution < 1.29 is 5.11 Å². The van der Waals surface area contributed by atoms with Crippen molar-refractivity contribution in [2.24, 2.45) is 0 Å². The van der Waals surface area contributed by atoms with Crippen LogP contribution in [0.4, 0.5) is 5.69 Å². The topological polar surface area (TPSA) is 32.3 Å². The lowest BCUT2D eigenvalue weighted by Gasteiger charge is -2.19. The van der Waals surface area contributed by atoms with Gasteiger partial charge in [-0.3, -0.25) is 0 Å². The van der Waals surface area contributed by atoms with Crippen molar-refractivity contribution in [3.8, 4) is 0 Å². The lowest BCUT2D eigenvalue weighted by Crippen LogP contribution is -2.15. The maximum atomic E-state index is 9.47. The average Bonchev–Trinajstić information content (AvgIpc) is 2.38. The molecule has 0 heterocycles. The number of para-hydroxylation sites is 1. The molecule has 0 aliphatic rings. The molecule has 2 nitrogen and oxygen atoms in total. The standard InChI is InChI=1S/C14H13Cl2NO/c15-11-5-3-4-10(8-11)14(9-18)17-13-7-2-1-6-12(13)16/h1-8,14,17-18H,9H2. The molecule has 94 valence electrons. The van der Waals surface area contributed by atoms with Crippen molar-refractivity contribution in [2.45, 2.75) is 6.04 Å². The van der Waals surface area contributed by atoms with Gasteiger partial charge in [0, 0.05) is 5.02 Å². The molecule has 0 amide bonds. The molecule has 1 unspecified atom stereocenters. The molecular formula is C14H13Cl2NO. The molecule has 0 fully saturated rings. The summed E-state index contributed by atoms with van der Waals surface area (Å²) in [4.78, 5) is 0. The van der Waals surface area contributed by atoms with Crippen molar-refractivity contribution in [3.63, 3.8) is 0 Å². The lowest BCUT2D eigenvalue weighted by molar-refractivity contribution is 0.276. The second kappa shape index (κ2) is 6.10.